The van der Waals surface area contributed by atoms with Gasteiger partial charge in [-0.15, -0.1) is 0 Å². The van der Waals surface area contributed by atoms with Gasteiger partial charge in [0.1, 0.15) is 0 Å². The summed E-state index contributed by atoms with van der Waals surface area (Å²) in [6.07, 6.45) is 5.59. The van der Waals surface area contributed by atoms with E-state index in [9.17, 15) is 0 Å². The summed E-state index contributed by atoms with van der Waals surface area (Å²) in [4.78, 5) is 0. The Balaban J connectivity index is 1.79. The molecule has 2 heteroatoms. The van der Waals surface area contributed by atoms with Crippen LogP contribution in [-0.2, 0) is 5.41 Å². The first-order valence-corrected chi connectivity index (χ1v) is 7.72. The monoisotopic (exact) mass is 277 g/mol. The molecule has 0 heterocycles. The van der Waals surface area contributed by atoms with Crippen LogP contribution >= 0.6 is 11.6 Å². The second kappa shape index (κ2) is 4.23. The smallest absolute Gasteiger partial charge is 0.0406 e. The predicted octanol–water partition coefficient (Wildman–Crippen LogP) is 4.54. The molecule has 19 heavy (non-hydrogen) atoms. The first kappa shape index (κ1) is 13.5. The summed E-state index contributed by atoms with van der Waals surface area (Å²) >= 11 is 6.03. The van der Waals surface area contributed by atoms with Crippen LogP contribution in [0, 0.1) is 5.41 Å². The Morgan fingerprint density at radius 1 is 1.11 bits per heavy atom. The van der Waals surface area contributed by atoms with E-state index >= 15 is 0 Å². The lowest BCUT2D eigenvalue weighted by molar-refractivity contribution is 0.108. The predicted molar refractivity (Wildman–Crippen MR) is 81.8 cm³/mol. The van der Waals surface area contributed by atoms with E-state index in [4.69, 9.17) is 11.6 Å². The Labute approximate surface area is 121 Å². The van der Waals surface area contributed by atoms with Crippen LogP contribution in [-0.4, -0.2) is 12.1 Å². The van der Waals surface area contributed by atoms with Gasteiger partial charge >= 0.3 is 0 Å². The third-order valence-electron chi connectivity index (χ3n) is 4.80. The van der Waals surface area contributed by atoms with Gasteiger partial charge in [-0.3, -0.25) is 0 Å². The maximum atomic E-state index is 6.03. The zero-order valence-electron chi connectivity index (χ0n) is 12.2. The van der Waals surface area contributed by atoms with Crippen molar-refractivity contribution in [2.24, 2.45) is 5.41 Å². The van der Waals surface area contributed by atoms with Gasteiger partial charge in [0.25, 0.3) is 0 Å². The summed E-state index contributed by atoms with van der Waals surface area (Å²) < 4.78 is 0. The minimum atomic E-state index is 0.186. The molecular weight excluding hydrogens is 254 g/mol. The minimum absolute atomic E-state index is 0.186. The molecule has 2 aliphatic carbocycles. The molecule has 0 amide bonds. The summed E-state index contributed by atoms with van der Waals surface area (Å²) in [5.41, 5.74) is 2.70. The van der Waals surface area contributed by atoms with E-state index in [1.165, 1.54) is 31.2 Å². The summed E-state index contributed by atoms with van der Waals surface area (Å²) in [5, 5.41) is 4.55. The van der Waals surface area contributed by atoms with Gasteiger partial charge < -0.3 is 5.32 Å². The van der Waals surface area contributed by atoms with Crippen molar-refractivity contribution < 1.29 is 0 Å². The Bertz CT molecular complexity index is 457. The van der Waals surface area contributed by atoms with Crippen LogP contribution in [0.15, 0.2) is 24.3 Å². The highest BCUT2D eigenvalue weighted by molar-refractivity contribution is 6.30. The minimum Gasteiger partial charge on any atom is -0.311 e. The molecular formula is C17H24ClN. The topological polar surface area (TPSA) is 12.0 Å². The van der Waals surface area contributed by atoms with E-state index in [1.54, 1.807) is 0 Å². The maximum absolute atomic E-state index is 6.03. The van der Waals surface area contributed by atoms with Crippen LogP contribution < -0.4 is 5.32 Å². The van der Waals surface area contributed by atoms with E-state index in [0.29, 0.717) is 10.8 Å². The van der Waals surface area contributed by atoms with E-state index in [2.05, 4.69) is 38.2 Å². The standard InChI is InChI=1S/C17H24ClN/c1-15(2,3)19-12-17(10-16(11-17)8-9-16)13-4-6-14(18)7-5-13/h4-7,19H,8-12H2,1-3H3. The van der Waals surface area contributed by atoms with Gasteiger partial charge in [-0.25, -0.2) is 0 Å². The molecule has 104 valence electrons. The number of hydrogen-bond acceptors (Lipinski definition) is 1. The summed E-state index contributed by atoms with van der Waals surface area (Å²) in [5.74, 6) is 0. The van der Waals surface area contributed by atoms with Gasteiger partial charge in [-0.05, 0) is 69.6 Å². The molecule has 2 aliphatic rings. The Hall–Kier alpha value is -0.530. The SMILES string of the molecule is CC(C)(C)NCC1(c2ccc(Cl)cc2)CC2(CC2)C1. The molecule has 1 N–H and O–H groups in total. The molecule has 0 bridgehead atoms. The Morgan fingerprint density at radius 3 is 2.16 bits per heavy atom. The number of halogens is 1. The first-order valence-electron chi connectivity index (χ1n) is 7.34. The first-order chi connectivity index (χ1) is 8.83. The van der Waals surface area contributed by atoms with Crippen molar-refractivity contribution in [3.63, 3.8) is 0 Å². The van der Waals surface area contributed by atoms with Gasteiger partial charge in [0.2, 0.25) is 0 Å². The van der Waals surface area contributed by atoms with Crippen LogP contribution in [0.2, 0.25) is 5.02 Å². The van der Waals surface area contributed by atoms with Crippen LogP contribution in [0.4, 0.5) is 0 Å². The fraction of sp³-hybridized carbons (Fsp3) is 0.647. The highest BCUT2D eigenvalue weighted by Crippen LogP contribution is 2.68. The second-order valence-corrected chi connectivity index (χ2v) is 8.18. The molecule has 0 saturated heterocycles. The quantitative estimate of drug-likeness (QED) is 0.855. The molecule has 1 aromatic carbocycles. The average molecular weight is 278 g/mol. The van der Waals surface area contributed by atoms with Crippen LogP contribution in [0.1, 0.15) is 52.0 Å². The van der Waals surface area contributed by atoms with Crippen molar-refractivity contribution in [1.82, 2.24) is 5.32 Å². The number of nitrogens with one attached hydrogen (secondary N) is 1. The normalized spacial score (nSPS) is 23.2. The van der Waals surface area contributed by atoms with E-state index < -0.39 is 0 Å². The molecule has 2 saturated carbocycles. The fourth-order valence-corrected chi connectivity index (χ4v) is 3.71. The van der Waals surface area contributed by atoms with Crippen molar-refractivity contribution in [1.29, 1.82) is 0 Å². The van der Waals surface area contributed by atoms with Gasteiger partial charge in [-0.1, -0.05) is 23.7 Å². The number of rotatable bonds is 3. The van der Waals surface area contributed by atoms with Crippen LogP contribution in [0.5, 0.6) is 0 Å². The molecule has 0 radical (unpaired) electrons. The van der Waals surface area contributed by atoms with Gasteiger partial charge in [-0.2, -0.15) is 0 Å². The lowest BCUT2D eigenvalue weighted by Gasteiger charge is -2.50. The largest absolute Gasteiger partial charge is 0.311 e. The van der Waals surface area contributed by atoms with Crippen molar-refractivity contribution in [2.75, 3.05) is 6.54 Å². The summed E-state index contributed by atoms with van der Waals surface area (Å²) in [6, 6.07) is 8.52. The molecule has 2 fully saturated rings. The van der Waals surface area contributed by atoms with Crippen LogP contribution in [0.3, 0.4) is 0 Å². The Morgan fingerprint density at radius 2 is 1.68 bits per heavy atom. The van der Waals surface area contributed by atoms with Gasteiger partial charge in [0.15, 0.2) is 0 Å². The van der Waals surface area contributed by atoms with E-state index in [-0.39, 0.29) is 5.54 Å². The number of benzene rings is 1. The van der Waals surface area contributed by atoms with Gasteiger partial charge in [0.05, 0.1) is 0 Å². The lowest BCUT2D eigenvalue weighted by Crippen LogP contribution is -2.53. The molecule has 1 aromatic rings. The average Bonchev–Trinajstić information content (AvgIpc) is 3.05. The second-order valence-electron chi connectivity index (χ2n) is 7.74. The molecule has 0 unspecified atom stereocenters. The zero-order valence-corrected chi connectivity index (χ0v) is 13.0. The molecule has 3 rings (SSSR count). The lowest BCUT2D eigenvalue weighted by atomic mass is 9.56. The fourth-order valence-electron chi connectivity index (χ4n) is 3.58. The number of hydrogen-bond donors (Lipinski definition) is 1. The van der Waals surface area contributed by atoms with Crippen LogP contribution in [0.25, 0.3) is 0 Å². The van der Waals surface area contributed by atoms with E-state index in [1.807, 2.05) is 12.1 Å². The molecule has 0 atom stereocenters. The highest BCUT2D eigenvalue weighted by Gasteiger charge is 2.61. The van der Waals surface area contributed by atoms with Crippen molar-refractivity contribution in [3.8, 4) is 0 Å². The van der Waals surface area contributed by atoms with Crippen molar-refractivity contribution in [2.45, 2.75) is 57.4 Å². The van der Waals surface area contributed by atoms with Crippen molar-refractivity contribution in [3.05, 3.63) is 34.9 Å². The third-order valence-corrected chi connectivity index (χ3v) is 5.05. The Kier molecular flexibility index (Phi) is 3.00. The third kappa shape index (κ3) is 2.68. The molecule has 1 nitrogen and oxygen atoms in total. The summed E-state index contributed by atoms with van der Waals surface area (Å²) in [6.45, 7) is 7.82. The molecule has 1 spiro atoms. The highest BCUT2D eigenvalue weighted by atomic mass is 35.5. The molecule has 0 aromatic heterocycles. The summed E-state index contributed by atoms with van der Waals surface area (Å²) in [7, 11) is 0. The molecule has 0 aliphatic heterocycles. The maximum Gasteiger partial charge on any atom is 0.0406 e. The van der Waals surface area contributed by atoms with E-state index in [0.717, 1.165) is 11.6 Å². The zero-order chi connectivity index (χ0) is 13.7. The van der Waals surface area contributed by atoms with Crippen molar-refractivity contribution >= 4 is 11.6 Å². The van der Waals surface area contributed by atoms with Gasteiger partial charge in [0, 0.05) is 22.5 Å².